The van der Waals surface area contributed by atoms with Gasteiger partial charge in [-0.25, -0.2) is 35.9 Å². The van der Waals surface area contributed by atoms with Crippen LogP contribution in [0.5, 0.6) is 11.5 Å². The molecule has 0 bridgehead atoms. The number of morpholine rings is 2. The maximum atomic E-state index is 15.9. The minimum Gasteiger partial charge on any atom is -0.451 e. The molecule has 0 radical (unpaired) electrons. The van der Waals surface area contributed by atoms with Crippen molar-refractivity contribution < 1.29 is 92.2 Å². The van der Waals surface area contributed by atoms with Gasteiger partial charge >= 0.3 is 12.3 Å². The minimum atomic E-state index is -1.38. The van der Waals surface area contributed by atoms with Crippen molar-refractivity contribution in [1.29, 1.82) is 0 Å². The molecule has 4 atom stereocenters. The van der Waals surface area contributed by atoms with E-state index in [0.717, 1.165) is 38.5 Å². The van der Waals surface area contributed by atoms with Crippen molar-refractivity contribution in [3.63, 3.8) is 0 Å². The molecule has 464 valence electrons. The molecule has 2 amide bonds. The monoisotopic (exact) mass is 1290 g/mol. The predicted molar refractivity (Wildman–Crippen MR) is 301 cm³/mol. The maximum Gasteiger partial charge on any atom is 0.510 e. The Bertz CT molecular complexity index is 4170. The van der Waals surface area contributed by atoms with Crippen LogP contribution in [0, 0.1) is 45.2 Å². The number of pyridine rings is 2. The lowest BCUT2D eigenvalue weighted by atomic mass is 9.91. The first-order valence-electron chi connectivity index (χ1n) is 27.1. The molecule has 14 rings (SSSR count). The SMILES string of the molecule is COC(=O)OCOc1c2n(ccc1=O)N(C1c3ccccc3-c3sc(F)c(F)c3-c3c1ccc(F)c3F)C1COCCN1C2=O.COC(=O)OCOc1c2n(ccc1=O)N([C@@H]1c3ccccc3-c3sc(F)c(F)c3-c3c1ccc(F)c3F)[C@@H]1COCCN1C2=O. The van der Waals surface area contributed by atoms with Gasteiger partial charge in [-0.15, -0.1) is 22.7 Å². The summed E-state index contributed by atoms with van der Waals surface area (Å²) in [5, 5.41) is 0.890. The molecule has 20 nitrogen and oxygen atoms in total. The number of benzene rings is 4. The number of ether oxygens (including phenoxy) is 8. The summed E-state index contributed by atoms with van der Waals surface area (Å²) in [6, 6.07) is 17.7. The zero-order valence-corrected chi connectivity index (χ0v) is 48.1. The van der Waals surface area contributed by atoms with E-state index in [1.165, 1.54) is 43.7 Å². The normalized spacial score (nSPS) is 18.2. The highest BCUT2D eigenvalue weighted by molar-refractivity contribution is 7.15. The number of aromatic nitrogens is 2. The van der Waals surface area contributed by atoms with Crippen molar-refractivity contribution in [2.24, 2.45) is 0 Å². The molecular weight excluding hydrogens is 1240 g/mol. The lowest BCUT2D eigenvalue weighted by molar-refractivity contribution is -0.0210. The van der Waals surface area contributed by atoms with E-state index in [0.29, 0.717) is 44.9 Å². The van der Waals surface area contributed by atoms with Gasteiger partial charge in [-0.3, -0.25) is 38.5 Å². The van der Waals surface area contributed by atoms with Crippen LogP contribution in [0.4, 0.5) is 44.7 Å². The molecule has 90 heavy (non-hydrogen) atoms. The van der Waals surface area contributed by atoms with Crippen LogP contribution in [0.3, 0.4) is 0 Å². The molecule has 4 aromatic carbocycles. The molecule has 2 unspecified atom stereocenters. The fraction of sp³-hybridized carbons (Fsp3) is 0.233. The zero-order valence-electron chi connectivity index (χ0n) is 46.4. The molecule has 2 saturated heterocycles. The number of nitrogens with zero attached hydrogens (tertiary/aromatic N) is 6. The Morgan fingerprint density at radius 2 is 0.911 bits per heavy atom. The highest BCUT2D eigenvalue weighted by atomic mass is 32.1. The second-order valence-corrected chi connectivity index (χ2v) is 22.4. The average molecular weight is 1290 g/mol. The first-order valence-corrected chi connectivity index (χ1v) is 28.7. The van der Waals surface area contributed by atoms with Crippen LogP contribution in [0.25, 0.3) is 43.1 Å². The van der Waals surface area contributed by atoms with Crippen LogP contribution in [-0.2, 0) is 28.4 Å². The van der Waals surface area contributed by atoms with E-state index in [4.69, 9.17) is 28.4 Å². The summed E-state index contributed by atoms with van der Waals surface area (Å²) in [7, 11) is 2.16. The van der Waals surface area contributed by atoms with Gasteiger partial charge in [0, 0.05) is 69.6 Å². The van der Waals surface area contributed by atoms with E-state index >= 15 is 17.6 Å². The molecule has 2 fully saturated rings. The van der Waals surface area contributed by atoms with Crippen LogP contribution in [0.2, 0.25) is 0 Å². The van der Waals surface area contributed by atoms with Crippen LogP contribution in [0.1, 0.15) is 55.3 Å². The number of carbonyl (C=O) groups is 4. The molecule has 6 aliphatic rings. The Kier molecular flexibility index (Phi) is 15.3. The van der Waals surface area contributed by atoms with Crippen molar-refractivity contribution in [2.75, 3.05) is 77.3 Å². The van der Waals surface area contributed by atoms with Crippen molar-refractivity contribution >= 4 is 46.8 Å². The van der Waals surface area contributed by atoms with E-state index < -0.39 is 152 Å². The first kappa shape index (κ1) is 59.2. The third-order valence-electron chi connectivity index (χ3n) is 15.9. The molecule has 8 heterocycles. The lowest BCUT2D eigenvalue weighted by Gasteiger charge is -2.51. The van der Waals surface area contributed by atoms with Gasteiger partial charge in [0.1, 0.15) is 12.3 Å². The Labute approximate surface area is 509 Å². The topological polar surface area (TPSA) is 199 Å². The third kappa shape index (κ3) is 9.45. The zero-order chi connectivity index (χ0) is 63.1. The van der Waals surface area contributed by atoms with Gasteiger partial charge in [0.15, 0.2) is 46.3 Å². The van der Waals surface area contributed by atoms with Gasteiger partial charge in [0.25, 0.3) is 11.8 Å². The number of rotatable bonds is 8. The minimum absolute atomic E-state index is 0.0264. The second kappa shape index (κ2) is 23.3. The number of amides is 2. The molecule has 30 heteroatoms. The molecule has 4 aromatic heterocycles. The van der Waals surface area contributed by atoms with Crippen LogP contribution >= 0.6 is 22.7 Å². The van der Waals surface area contributed by atoms with E-state index in [9.17, 15) is 46.3 Å². The fourth-order valence-electron chi connectivity index (χ4n) is 12.2. The predicted octanol–water partition coefficient (Wildman–Crippen LogP) is 9.55. The van der Waals surface area contributed by atoms with Crippen molar-refractivity contribution in [2.45, 2.75) is 24.4 Å². The van der Waals surface area contributed by atoms with Gasteiger partial charge in [-0.1, -0.05) is 60.7 Å². The number of methoxy groups -OCH3 is 2. The summed E-state index contributed by atoms with van der Waals surface area (Å²) in [5.74, 6) is -10.0. The van der Waals surface area contributed by atoms with Crippen molar-refractivity contribution in [3.05, 3.63) is 197 Å². The van der Waals surface area contributed by atoms with Gasteiger partial charge in [0.05, 0.1) is 52.7 Å². The third-order valence-corrected chi connectivity index (χ3v) is 17.9. The van der Waals surface area contributed by atoms with Crippen LogP contribution < -0.4 is 30.3 Å². The van der Waals surface area contributed by atoms with E-state index in [1.807, 2.05) is 0 Å². The van der Waals surface area contributed by atoms with Gasteiger partial charge < -0.3 is 47.7 Å². The summed E-state index contributed by atoms with van der Waals surface area (Å²) in [6.07, 6.45) is -1.26. The number of hydrogen-bond acceptors (Lipinski definition) is 18. The Hall–Kier alpha value is -9.78. The van der Waals surface area contributed by atoms with E-state index in [1.54, 1.807) is 58.5 Å². The fourth-order valence-corrected chi connectivity index (χ4v) is 14.1. The summed E-state index contributed by atoms with van der Waals surface area (Å²) >= 11 is 0.936. The number of halogens is 8. The Morgan fingerprint density at radius 3 is 1.31 bits per heavy atom. The standard InChI is InChI=1S/2C30H21F4N3O7S/c2*1-41-30(40)44-13-43-26-18(38)8-9-36-25(26)29(39)35-10-11-42-12-19(35)37(36)24-14-4-2-3-5-15(14)27-21(23(33)28(34)45-27)20-16(24)6-7-17(31)22(20)32/h2*2-9,19,24H,10-13H2,1H3/t19-,24-;/m1./s1. The average Bonchev–Trinajstić information content (AvgIpc) is 1.61. The first-order chi connectivity index (χ1) is 43.4. The number of fused-ring (bicyclic) bond motifs is 14. The number of thiophene rings is 2. The van der Waals surface area contributed by atoms with Crippen LogP contribution in [0.15, 0.2) is 107 Å². The maximum absolute atomic E-state index is 15.9. The van der Waals surface area contributed by atoms with Crippen molar-refractivity contribution in [3.8, 4) is 54.6 Å². The quantitative estimate of drug-likeness (QED) is 0.0791. The molecular formula is C60H42F8N6O14S2. The molecule has 0 N–H and O–H groups in total. The molecule has 4 aliphatic heterocycles. The number of hydrogen-bond donors (Lipinski definition) is 0. The van der Waals surface area contributed by atoms with Gasteiger partial charge in [-0.05, 0) is 45.5 Å². The molecule has 2 aliphatic carbocycles. The van der Waals surface area contributed by atoms with Gasteiger partial charge in [-0.2, -0.15) is 8.78 Å². The summed E-state index contributed by atoms with van der Waals surface area (Å²) in [6.45, 7) is -1.07. The van der Waals surface area contributed by atoms with Crippen LogP contribution in [-0.4, -0.2) is 123 Å². The summed E-state index contributed by atoms with van der Waals surface area (Å²) < 4.78 is 166. The summed E-state index contributed by atoms with van der Waals surface area (Å²) in [4.78, 5) is 80.0. The van der Waals surface area contributed by atoms with Gasteiger partial charge in [0.2, 0.25) is 46.2 Å². The Balaban J connectivity index is 0.000000165. The van der Waals surface area contributed by atoms with E-state index in [-0.39, 0.29) is 71.8 Å². The molecule has 8 aromatic rings. The molecule has 0 saturated carbocycles. The second-order valence-electron chi connectivity index (χ2n) is 20.4. The van der Waals surface area contributed by atoms with E-state index in [2.05, 4.69) is 9.47 Å². The Morgan fingerprint density at radius 1 is 0.511 bits per heavy atom. The largest absolute Gasteiger partial charge is 0.510 e. The lowest BCUT2D eigenvalue weighted by Crippen LogP contribution is -2.66. The highest BCUT2D eigenvalue weighted by Crippen LogP contribution is 2.55. The number of carbonyl (C=O) groups excluding carboxylic acids is 4. The summed E-state index contributed by atoms with van der Waals surface area (Å²) in [5.41, 5.74) is -1.95. The smallest absolute Gasteiger partial charge is 0.451 e. The highest BCUT2D eigenvalue weighted by Gasteiger charge is 2.50. The molecule has 0 spiro atoms. The van der Waals surface area contributed by atoms with Crippen molar-refractivity contribution in [1.82, 2.24) is 19.2 Å².